The summed E-state index contributed by atoms with van der Waals surface area (Å²) in [7, 11) is 0. The summed E-state index contributed by atoms with van der Waals surface area (Å²) in [4.78, 5) is 7.95. The minimum atomic E-state index is -2.84. The lowest BCUT2D eigenvalue weighted by molar-refractivity contribution is 0.116. The highest BCUT2D eigenvalue weighted by atomic mass is 19.3. The highest BCUT2D eigenvalue weighted by molar-refractivity contribution is 5.55. The van der Waals surface area contributed by atoms with E-state index in [0.29, 0.717) is 11.3 Å². The summed E-state index contributed by atoms with van der Waals surface area (Å²) >= 11 is 0. The van der Waals surface area contributed by atoms with Gasteiger partial charge in [-0.15, -0.1) is 10.2 Å². The number of hydrogen-bond donors (Lipinski definition) is 1. The molecule has 0 saturated heterocycles. The Kier molecular flexibility index (Phi) is 3.69. The number of alkyl halides is 2. The highest BCUT2D eigenvalue weighted by Gasteiger charge is 2.17. The molecule has 9 heteroatoms. The van der Waals surface area contributed by atoms with Gasteiger partial charge in [0.1, 0.15) is 5.82 Å². The maximum atomic E-state index is 13.1. The van der Waals surface area contributed by atoms with Crippen molar-refractivity contribution in [1.29, 1.82) is 0 Å². The van der Waals surface area contributed by atoms with Crippen LogP contribution in [0.4, 0.5) is 24.8 Å². The van der Waals surface area contributed by atoms with Crippen molar-refractivity contribution < 1.29 is 17.6 Å². The predicted molar refractivity (Wildman–Crippen MR) is 70.0 cm³/mol. The molecule has 0 aliphatic rings. The van der Waals surface area contributed by atoms with Crippen LogP contribution in [0.2, 0.25) is 0 Å². The first kappa shape index (κ1) is 14.0. The fourth-order valence-corrected chi connectivity index (χ4v) is 1.64. The smallest absolute Gasteiger partial charge is 0.314 e. The second-order valence-electron chi connectivity index (χ2n) is 4.18. The number of hydrogen-bond acceptors (Lipinski definition) is 6. The van der Waals surface area contributed by atoms with E-state index >= 15 is 0 Å². The van der Waals surface area contributed by atoms with Crippen LogP contribution in [-0.4, -0.2) is 20.2 Å². The summed E-state index contributed by atoms with van der Waals surface area (Å²) in [6, 6.07) is 5.78. The van der Waals surface area contributed by atoms with Crippen LogP contribution < -0.4 is 5.32 Å². The molecule has 0 spiro atoms. The lowest BCUT2D eigenvalue weighted by atomic mass is 10.3. The first-order chi connectivity index (χ1) is 10.6. The minimum absolute atomic E-state index is 0.104. The maximum absolute atomic E-state index is 13.1. The number of nitrogens with zero attached hydrogens (tertiary/aromatic N) is 4. The molecule has 22 heavy (non-hydrogen) atoms. The van der Waals surface area contributed by atoms with Crippen LogP contribution in [0.15, 0.2) is 41.1 Å². The third-order valence-electron chi connectivity index (χ3n) is 2.61. The van der Waals surface area contributed by atoms with Crippen LogP contribution >= 0.6 is 0 Å². The summed E-state index contributed by atoms with van der Waals surface area (Å²) in [5.41, 5.74) is 0.773. The van der Waals surface area contributed by atoms with Crippen LogP contribution in [0.3, 0.4) is 0 Å². The zero-order valence-corrected chi connectivity index (χ0v) is 10.9. The van der Waals surface area contributed by atoms with Crippen LogP contribution in [0.1, 0.15) is 12.3 Å². The molecule has 1 N–H and O–H groups in total. The van der Waals surface area contributed by atoms with E-state index in [9.17, 15) is 13.2 Å². The van der Waals surface area contributed by atoms with Gasteiger partial charge in [0.15, 0.2) is 0 Å². The quantitative estimate of drug-likeness (QED) is 0.796. The van der Waals surface area contributed by atoms with Gasteiger partial charge in [-0.2, -0.15) is 8.78 Å². The van der Waals surface area contributed by atoms with Crippen LogP contribution in [-0.2, 0) is 0 Å². The molecule has 3 aromatic rings. The average Bonchev–Trinajstić information content (AvgIpc) is 2.98. The molecule has 3 rings (SSSR count). The molecule has 0 saturated carbocycles. The largest absolute Gasteiger partial charge is 0.415 e. The van der Waals surface area contributed by atoms with Crippen molar-refractivity contribution in [2.75, 3.05) is 5.32 Å². The first-order valence-corrected chi connectivity index (χ1v) is 6.08. The lowest BCUT2D eigenvalue weighted by Gasteiger charge is -2.04. The van der Waals surface area contributed by atoms with E-state index in [1.807, 2.05) is 0 Å². The SMILES string of the molecule is Fc1cccc(Nc2ncc(-c3nnc(C(F)F)o3)cn2)c1. The van der Waals surface area contributed by atoms with Gasteiger partial charge in [0.05, 0.1) is 5.56 Å². The van der Waals surface area contributed by atoms with E-state index in [4.69, 9.17) is 4.42 Å². The van der Waals surface area contributed by atoms with Crippen molar-refractivity contribution in [2.24, 2.45) is 0 Å². The fraction of sp³-hybridized carbons (Fsp3) is 0.0769. The van der Waals surface area contributed by atoms with Gasteiger partial charge in [-0.3, -0.25) is 0 Å². The second kappa shape index (κ2) is 5.80. The first-order valence-electron chi connectivity index (χ1n) is 6.08. The van der Waals surface area contributed by atoms with Crippen molar-refractivity contribution in [1.82, 2.24) is 20.2 Å². The third kappa shape index (κ3) is 3.03. The molecule has 1 aromatic carbocycles. The van der Waals surface area contributed by atoms with E-state index in [-0.39, 0.29) is 11.8 Å². The number of rotatable bonds is 4. The molecular formula is C13H8F3N5O. The molecule has 0 aliphatic carbocycles. The standard InChI is InChI=1S/C13H8F3N5O/c14-8-2-1-3-9(4-8)19-13-17-5-7(6-18-13)11-20-21-12(22-11)10(15)16/h1-6,10H,(H,17,18,19). The molecule has 2 aromatic heterocycles. The Morgan fingerprint density at radius 2 is 1.86 bits per heavy atom. The number of aromatic nitrogens is 4. The molecular weight excluding hydrogens is 299 g/mol. The predicted octanol–water partition coefficient (Wildman–Crippen LogP) is 3.35. The topological polar surface area (TPSA) is 76.7 Å². The van der Waals surface area contributed by atoms with E-state index < -0.39 is 18.1 Å². The fourth-order valence-electron chi connectivity index (χ4n) is 1.64. The van der Waals surface area contributed by atoms with E-state index in [1.165, 1.54) is 30.6 Å². The van der Waals surface area contributed by atoms with Crippen molar-refractivity contribution in [3.8, 4) is 11.5 Å². The second-order valence-corrected chi connectivity index (χ2v) is 4.18. The summed E-state index contributed by atoms with van der Waals surface area (Å²) in [5, 5.41) is 9.50. The van der Waals surface area contributed by atoms with Gasteiger partial charge in [-0.05, 0) is 18.2 Å². The van der Waals surface area contributed by atoms with Gasteiger partial charge in [0.25, 0.3) is 11.8 Å². The summed E-state index contributed by atoms with van der Waals surface area (Å²) in [5.74, 6) is -1.06. The Labute approximate surface area is 122 Å². The maximum Gasteiger partial charge on any atom is 0.314 e. The van der Waals surface area contributed by atoms with Crippen LogP contribution in [0.5, 0.6) is 0 Å². The Balaban J connectivity index is 1.77. The molecule has 112 valence electrons. The van der Waals surface area contributed by atoms with Gasteiger partial charge >= 0.3 is 6.43 Å². The number of nitrogens with one attached hydrogen (secondary N) is 1. The Hall–Kier alpha value is -2.97. The molecule has 0 fully saturated rings. The molecule has 0 atom stereocenters. The van der Waals surface area contributed by atoms with Crippen molar-refractivity contribution >= 4 is 11.6 Å². The van der Waals surface area contributed by atoms with Gasteiger partial charge in [0.2, 0.25) is 5.95 Å². The summed E-state index contributed by atoms with van der Waals surface area (Å²) in [6.45, 7) is 0. The van der Waals surface area contributed by atoms with E-state index in [1.54, 1.807) is 6.07 Å². The average molecular weight is 307 g/mol. The normalized spacial score (nSPS) is 10.9. The zero-order valence-electron chi connectivity index (χ0n) is 10.9. The van der Waals surface area contributed by atoms with Crippen LogP contribution in [0, 0.1) is 5.82 Å². The van der Waals surface area contributed by atoms with Gasteiger partial charge in [-0.1, -0.05) is 6.07 Å². The zero-order chi connectivity index (χ0) is 15.5. The van der Waals surface area contributed by atoms with Crippen molar-refractivity contribution in [3.63, 3.8) is 0 Å². The van der Waals surface area contributed by atoms with Gasteiger partial charge < -0.3 is 9.73 Å². The third-order valence-corrected chi connectivity index (χ3v) is 2.61. The molecule has 2 heterocycles. The summed E-state index contributed by atoms with van der Waals surface area (Å²) < 4.78 is 42.6. The molecule has 0 unspecified atom stereocenters. The minimum Gasteiger partial charge on any atom is -0.415 e. The van der Waals surface area contributed by atoms with Crippen molar-refractivity contribution in [2.45, 2.75) is 6.43 Å². The number of anilines is 2. The van der Waals surface area contributed by atoms with Gasteiger partial charge in [-0.25, -0.2) is 14.4 Å². The molecule has 6 nitrogen and oxygen atoms in total. The molecule has 0 amide bonds. The molecule has 0 radical (unpaired) electrons. The Morgan fingerprint density at radius 1 is 1.09 bits per heavy atom. The number of benzene rings is 1. The Morgan fingerprint density at radius 3 is 2.50 bits per heavy atom. The molecule has 0 aliphatic heterocycles. The number of halogens is 3. The highest BCUT2D eigenvalue weighted by Crippen LogP contribution is 2.23. The van der Waals surface area contributed by atoms with E-state index in [0.717, 1.165) is 0 Å². The van der Waals surface area contributed by atoms with Crippen LogP contribution in [0.25, 0.3) is 11.5 Å². The monoisotopic (exact) mass is 307 g/mol. The summed E-state index contributed by atoms with van der Waals surface area (Å²) in [6.07, 6.45) is -0.175. The van der Waals surface area contributed by atoms with Crippen molar-refractivity contribution in [3.05, 3.63) is 48.4 Å². The lowest BCUT2D eigenvalue weighted by Crippen LogP contribution is -1.97. The van der Waals surface area contributed by atoms with E-state index in [2.05, 4.69) is 25.5 Å². The van der Waals surface area contributed by atoms with Gasteiger partial charge in [0, 0.05) is 18.1 Å². The molecule has 0 bridgehead atoms. The Bertz CT molecular complexity index is 775.